The van der Waals surface area contributed by atoms with Gasteiger partial charge in [-0.3, -0.25) is 9.59 Å². The predicted molar refractivity (Wildman–Crippen MR) is 160 cm³/mol. The Kier molecular flexibility index (Phi) is 9.21. The minimum Gasteiger partial charge on any atom is -0.355 e. The molecule has 1 fully saturated rings. The molecule has 2 N–H and O–H groups in total. The van der Waals surface area contributed by atoms with Crippen LogP contribution in [0.2, 0.25) is 0 Å². The Morgan fingerprint density at radius 3 is 1.88 bits per heavy atom. The number of nitrogens with zero attached hydrogens (tertiary/aromatic N) is 8. The maximum Gasteiger partial charge on any atom is 0.230 e. The number of para-hydroxylation sites is 2. The van der Waals surface area contributed by atoms with Gasteiger partial charge in [-0.05, 0) is 75.2 Å². The van der Waals surface area contributed by atoms with Gasteiger partial charge in [0.25, 0.3) is 0 Å². The molecular weight excluding hydrogens is 573 g/mol. The van der Waals surface area contributed by atoms with Gasteiger partial charge in [0.1, 0.15) is 0 Å². The van der Waals surface area contributed by atoms with Crippen molar-refractivity contribution >= 4 is 35.3 Å². The van der Waals surface area contributed by atoms with Crippen molar-refractivity contribution in [1.82, 2.24) is 51.0 Å². The molecule has 0 bridgehead atoms. The van der Waals surface area contributed by atoms with Gasteiger partial charge in [-0.1, -0.05) is 80.7 Å². The molecule has 4 aromatic rings. The Bertz CT molecular complexity index is 1490. The van der Waals surface area contributed by atoms with Crippen LogP contribution in [0.15, 0.2) is 71.0 Å². The van der Waals surface area contributed by atoms with Gasteiger partial charge >= 0.3 is 0 Å². The molecule has 2 atom stereocenters. The summed E-state index contributed by atoms with van der Waals surface area (Å²) in [4.78, 5) is 25.8. The minimum absolute atomic E-state index is 0.00116. The van der Waals surface area contributed by atoms with Crippen molar-refractivity contribution in [3.05, 3.63) is 60.7 Å². The van der Waals surface area contributed by atoms with E-state index in [2.05, 4.69) is 62.5 Å². The molecule has 12 nitrogen and oxygen atoms in total. The molecule has 0 unspecified atom stereocenters. The number of thioether (sulfide) groups is 2. The number of carbonyl (C=O) groups excluding carboxylic acids is 2. The number of hydrogen-bond donors (Lipinski definition) is 2. The van der Waals surface area contributed by atoms with Crippen LogP contribution in [0.1, 0.15) is 40.0 Å². The highest BCUT2D eigenvalue weighted by molar-refractivity contribution is 8.00. The fourth-order valence-corrected chi connectivity index (χ4v) is 7.19. The number of tetrazole rings is 2. The van der Waals surface area contributed by atoms with Crippen LogP contribution in [0.25, 0.3) is 11.4 Å². The third-order valence-electron chi connectivity index (χ3n) is 7.07. The van der Waals surface area contributed by atoms with Crippen LogP contribution >= 0.6 is 23.5 Å². The van der Waals surface area contributed by atoms with Crippen LogP contribution in [-0.4, -0.2) is 76.3 Å². The van der Waals surface area contributed by atoms with E-state index in [1.54, 1.807) is 9.36 Å². The molecule has 2 aromatic heterocycles. The van der Waals surface area contributed by atoms with E-state index in [-0.39, 0.29) is 40.2 Å². The zero-order chi connectivity index (χ0) is 29.6. The lowest BCUT2D eigenvalue weighted by Gasteiger charge is -2.47. The van der Waals surface area contributed by atoms with Crippen LogP contribution in [0.4, 0.5) is 0 Å². The highest BCUT2D eigenvalue weighted by Gasteiger charge is 2.41. The van der Waals surface area contributed by atoms with E-state index in [0.717, 1.165) is 30.6 Å². The molecule has 2 aromatic carbocycles. The van der Waals surface area contributed by atoms with E-state index < -0.39 is 0 Å². The predicted octanol–water partition coefficient (Wildman–Crippen LogP) is 3.34. The first kappa shape index (κ1) is 29.7. The molecule has 0 radical (unpaired) electrons. The molecule has 1 saturated carbocycles. The summed E-state index contributed by atoms with van der Waals surface area (Å²) in [6, 6.07) is 19.2. The van der Waals surface area contributed by atoms with Crippen molar-refractivity contribution in [3.8, 4) is 11.4 Å². The van der Waals surface area contributed by atoms with Crippen molar-refractivity contribution in [2.24, 2.45) is 10.8 Å². The quantitative estimate of drug-likeness (QED) is 0.244. The topological polar surface area (TPSA) is 145 Å². The number of aromatic nitrogens is 8. The lowest BCUT2D eigenvalue weighted by atomic mass is 9.62. The van der Waals surface area contributed by atoms with E-state index >= 15 is 0 Å². The highest BCUT2D eigenvalue weighted by Crippen LogP contribution is 2.45. The van der Waals surface area contributed by atoms with Gasteiger partial charge in [0, 0.05) is 12.6 Å². The van der Waals surface area contributed by atoms with Gasteiger partial charge in [0.15, 0.2) is 0 Å². The van der Waals surface area contributed by atoms with Crippen molar-refractivity contribution < 1.29 is 9.59 Å². The largest absolute Gasteiger partial charge is 0.355 e. The lowest BCUT2D eigenvalue weighted by Crippen LogP contribution is -2.50. The van der Waals surface area contributed by atoms with Gasteiger partial charge in [-0.2, -0.15) is 9.36 Å². The highest BCUT2D eigenvalue weighted by atomic mass is 32.2. The molecule has 0 aliphatic heterocycles. The van der Waals surface area contributed by atoms with Crippen LogP contribution in [0.5, 0.6) is 0 Å². The average Bonchev–Trinajstić information content (AvgIpc) is 3.64. The number of hydrogen-bond acceptors (Lipinski definition) is 10. The molecular formula is C28H34N10O2S2. The number of rotatable bonds is 11. The summed E-state index contributed by atoms with van der Waals surface area (Å²) in [6.45, 7) is 7.13. The smallest absolute Gasteiger partial charge is 0.230 e. The Morgan fingerprint density at radius 1 is 0.810 bits per heavy atom. The molecule has 0 saturated heterocycles. The first-order valence-electron chi connectivity index (χ1n) is 13.7. The Balaban J connectivity index is 1.12. The number of benzene rings is 2. The molecule has 5 rings (SSSR count). The third kappa shape index (κ3) is 7.73. The summed E-state index contributed by atoms with van der Waals surface area (Å²) >= 11 is 2.60. The number of amides is 2. The van der Waals surface area contributed by atoms with E-state index in [0.29, 0.717) is 16.9 Å². The maximum atomic E-state index is 13.0. The van der Waals surface area contributed by atoms with Crippen molar-refractivity contribution in [2.45, 2.75) is 56.4 Å². The second-order valence-electron chi connectivity index (χ2n) is 11.6. The zero-order valence-electron chi connectivity index (χ0n) is 23.8. The molecule has 1 aliphatic rings. The first-order valence-corrected chi connectivity index (χ1v) is 15.7. The van der Waals surface area contributed by atoms with E-state index in [4.69, 9.17) is 0 Å². The SMILES string of the molecule is CC1(C)C[C@H](NC(=O)CSc2nnnn2-c2ccccc2)C[C@](C)(CNC(=O)CSc2nnnn2-c2ccccc2)C1. The van der Waals surface area contributed by atoms with Crippen LogP contribution in [-0.2, 0) is 9.59 Å². The minimum atomic E-state index is -0.170. The summed E-state index contributed by atoms with van der Waals surface area (Å²) in [5.74, 6) is 0.258. The molecule has 2 heterocycles. The van der Waals surface area contributed by atoms with Gasteiger partial charge in [-0.15, -0.1) is 10.2 Å². The number of nitrogens with one attached hydrogen (secondary N) is 2. The van der Waals surface area contributed by atoms with Crippen LogP contribution in [0, 0.1) is 10.8 Å². The second kappa shape index (κ2) is 13.0. The Labute approximate surface area is 252 Å². The lowest BCUT2D eigenvalue weighted by molar-refractivity contribution is -0.121. The van der Waals surface area contributed by atoms with E-state index in [1.165, 1.54) is 23.5 Å². The fraction of sp³-hybridized carbons (Fsp3) is 0.429. The summed E-state index contributed by atoms with van der Waals surface area (Å²) in [5, 5.41) is 31.2. The van der Waals surface area contributed by atoms with E-state index in [9.17, 15) is 9.59 Å². The fourth-order valence-electron chi connectivity index (χ4n) is 5.76. The van der Waals surface area contributed by atoms with Crippen molar-refractivity contribution in [2.75, 3.05) is 18.1 Å². The van der Waals surface area contributed by atoms with Crippen molar-refractivity contribution in [1.29, 1.82) is 0 Å². The van der Waals surface area contributed by atoms with Gasteiger partial charge in [-0.25, -0.2) is 0 Å². The second-order valence-corrected chi connectivity index (χ2v) is 13.5. The van der Waals surface area contributed by atoms with Crippen LogP contribution in [0.3, 0.4) is 0 Å². The standard InChI is InChI=1S/C28H34N10O2S2/c1-27(2)14-20(30-24(40)17-42-26-32-34-36-38(26)22-12-8-5-9-13-22)15-28(3,18-27)19-29-23(39)16-41-25-31-33-35-37(25)21-10-6-4-7-11-21/h4-13,20H,14-19H2,1-3H3,(H,29,39)(H,30,40)/t20-,28-/m0/s1. The zero-order valence-corrected chi connectivity index (χ0v) is 25.4. The normalized spacial score (nSPS) is 19.7. The molecule has 1 aliphatic carbocycles. The van der Waals surface area contributed by atoms with Gasteiger partial charge < -0.3 is 10.6 Å². The maximum absolute atomic E-state index is 13.0. The third-order valence-corrected chi connectivity index (χ3v) is 8.91. The summed E-state index contributed by atoms with van der Waals surface area (Å²) < 4.78 is 3.25. The molecule has 14 heteroatoms. The number of carbonyl (C=O) groups is 2. The van der Waals surface area contributed by atoms with Gasteiger partial charge in [0.05, 0.1) is 22.9 Å². The monoisotopic (exact) mass is 606 g/mol. The summed E-state index contributed by atoms with van der Waals surface area (Å²) in [6.07, 6.45) is 2.58. The molecule has 42 heavy (non-hydrogen) atoms. The molecule has 0 spiro atoms. The summed E-state index contributed by atoms with van der Waals surface area (Å²) in [5.41, 5.74) is 1.51. The summed E-state index contributed by atoms with van der Waals surface area (Å²) in [7, 11) is 0. The Hall–Kier alpha value is -3.78. The van der Waals surface area contributed by atoms with Gasteiger partial charge in [0.2, 0.25) is 22.1 Å². The molecule has 2 amide bonds. The first-order chi connectivity index (χ1) is 20.2. The molecule has 220 valence electrons. The average molecular weight is 607 g/mol. The van der Waals surface area contributed by atoms with E-state index in [1.807, 2.05) is 60.7 Å². The Morgan fingerprint density at radius 2 is 1.33 bits per heavy atom. The van der Waals surface area contributed by atoms with Crippen molar-refractivity contribution in [3.63, 3.8) is 0 Å². The van der Waals surface area contributed by atoms with Crippen LogP contribution < -0.4 is 10.6 Å².